The molecule has 1 aromatic heterocycles. The molecule has 1 heterocycles. The van der Waals surface area contributed by atoms with Gasteiger partial charge in [-0.05, 0) is 29.2 Å². The van der Waals surface area contributed by atoms with E-state index in [0.29, 0.717) is 5.82 Å². The van der Waals surface area contributed by atoms with Crippen LogP contribution in [-0.4, -0.2) is 15.0 Å². The smallest absolute Gasteiger partial charge is 0.163 e. The highest BCUT2D eigenvalue weighted by atomic mass is 15.0. The third-order valence-electron chi connectivity index (χ3n) is 6.13. The summed E-state index contributed by atoms with van der Waals surface area (Å²) in [7, 11) is 0. The molecule has 0 N–H and O–H groups in total. The third-order valence-corrected chi connectivity index (χ3v) is 6.13. The molecular weight excluding hydrogens is 354 g/mol. The number of allylic oxidation sites excluding steroid dienone is 6. The van der Waals surface area contributed by atoms with Gasteiger partial charge in [-0.15, -0.1) is 0 Å². The average molecular weight is 377 g/mol. The molecule has 0 spiro atoms. The van der Waals surface area contributed by atoms with E-state index in [1.807, 2.05) is 30.3 Å². The molecule has 1 unspecified atom stereocenters. The maximum Gasteiger partial charge on any atom is 0.163 e. The maximum absolute atomic E-state index is 4.81. The minimum atomic E-state index is -0.401. The Morgan fingerprint density at radius 2 is 1.48 bits per heavy atom. The molecule has 3 heteroatoms. The van der Waals surface area contributed by atoms with Gasteiger partial charge < -0.3 is 0 Å². The normalized spacial score (nSPS) is 21.6. The maximum atomic E-state index is 4.81. The second kappa shape index (κ2) is 6.35. The largest absolute Gasteiger partial charge is 0.220 e. The van der Waals surface area contributed by atoms with Crippen molar-refractivity contribution in [2.24, 2.45) is 0 Å². The SMILES string of the molecule is CC1(c2ncnc(-c3ccccc3)n2)C=CC2=C(C=C1)C(C)(C)c1ccccc12. The van der Waals surface area contributed by atoms with Crippen molar-refractivity contribution in [3.63, 3.8) is 0 Å². The van der Waals surface area contributed by atoms with E-state index in [0.717, 1.165) is 11.4 Å². The zero-order chi connectivity index (χ0) is 20.1. The molecule has 5 rings (SSSR count). The van der Waals surface area contributed by atoms with Gasteiger partial charge in [-0.25, -0.2) is 15.0 Å². The van der Waals surface area contributed by atoms with Crippen LogP contribution in [-0.2, 0) is 10.8 Å². The summed E-state index contributed by atoms with van der Waals surface area (Å²) in [4.78, 5) is 13.7. The predicted molar refractivity (Wildman–Crippen MR) is 117 cm³/mol. The van der Waals surface area contributed by atoms with E-state index in [1.165, 1.54) is 22.3 Å². The topological polar surface area (TPSA) is 38.7 Å². The summed E-state index contributed by atoms with van der Waals surface area (Å²) >= 11 is 0. The van der Waals surface area contributed by atoms with Crippen LogP contribution in [0.2, 0.25) is 0 Å². The van der Waals surface area contributed by atoms with Crippen LogP contribution in [0.25, 0.3) is 17.0 Å². The summed E-state index contributed by atoms with van der Waals surface area (Å²) in [6.07, 6.45) is 10.6. The molecule has 142 valence electrons. The van der Waals surface area contributed by atoms with E-state index >= 15 is 0 Å². The van der Waals surface area contributed by atoms with E-state index in [1.54, 1.807) is 6.33 Å². The fraction of sp³-hybridized carbons (Fsp3) is 0.192. The number of aromatic nitrogens is 3. The lowest BCUT2D eigenvalue weighted by Crippen LogP contribution is -2.21. The summed E-state index contributed by atoms with van der Waals surface area (Å²) in [6.45, 7) is 6.75. The summed E-state index contributed by atoms with van der Waals surface area (Å²) in [5, 5.41) is 0. The van der Waals surface area contributed by atoms with Crippen molar-refractivity contribution in [2.45, 2.75) is 31.6 Å². The van der Waals surface area contributed by atoms with Crippen LogP contribution in [0.1, 0.15) is 37.7 Å². The quantitative estimate of drug-likeness (QED) is 0.578. The first-order chi connectivity index (χ1) is 14.0. The fourth-order valence-electron chi connectivity index (χ4n) is 4.37. The highest BCUT2D eigenvalue weighted by molar-refractivity contribution is 5.88. The lowest BCUT2D eigenvalue weighted by Gasteiger charge is -2.24. The standard InChI is InChI=1S/C26H23N3/c1-25(2)21-12-8-7-11-19(21)20-13-15-26(3,16-14-22(20)25)24-28-17-27-23(29-24)18-9-5-4-6-10-18/h4-17H,1-3H3. The summed E-state index contributed by atoms with van der Waals surface area (Å²) in [5.41, 5.74) is 5.91. The molecule has 0 saturated heterocycles. The minimum Gasteiger partial charge on any atom is -0.220 e. The summed E-state index contributed by atoms with van der Waals surface area (Å²) < 4.78 is 0. The molecule has 0 fully saturated rings. The van der Waals surface area contributed by atoms with Gasteiger partial charge in [0.1, 0.15) is 12.2 Å². The Morgan fingerprint density at radius 3 is 2.31 bits per heavy atom. The monoisotopic (exact) mass is 377 g/mol. The van der Waals surface area contributed by atoms with Crippen molar-refractivity contribution in [1.82, 2.24) is 15.0 Å². The van der Waals surface area contributed by atoms with Crippen LogP contribution in [0.15, 0.2) is 90.8 Å². The first-order valence-electron chi connectivity index (χ1n) is 9.97. The van der Waals surface area contributed by atoms with Crippen molar-refractivity contribution in [3.05, 3.63) is 108 Å². The van der Waals surface area contributed by atoms with Gasteiger partial charge in [0.15, 0.2) is 5.82 Å². The Labute approximate surface area is 171 Å². The molecule has 2 aromatic carbocycles. The first-order valence-corrected chi connectivity index (χ1v) is 9.97. The lowest BCUT2D eigenvalue weighted by atomic mass is 9.80. The van der Waals surface area contributed by atoms with Crippen LogP contribution in [0, 0.1) is 0 Å². The van der Waals surface area contributed by atoms with Gasteiger partial charge in [0.2, 0.25) is 0 Å². The van der Waals surface area contributed by atoms with Crippen molar-refractivity contribution in [3.8, 4) is 11.4 Å². The second-order valence-electron chi connectivity index (χ2n) is 8.45. The molecule has 2 aliphatic carbocycles. The van der Waals surface area contributed by atoms with Gasteiger partial charge in [-0.1, -0.05) is 92.7 Å². The zero-order valence-corrected chi connectivity index (χ0v) is 16.9. The molecule has 0 amide bonds. The van der Waals surface area contributed by atoms with Gasteiger partial charge in [-0.3, -0.25) is 0 Å². The summed E-state index contributed by atoms with van der Waals surface area (Å²) in [5.74, 6) is 1.46. The minimum absolute atomic E-state index is 0.0215. The molecule has 0 bridgehead atoms. The van der Waals surface area contributed by atoms with Crippen LogP contribution in [0.5, 0.6) is 0 Å². The molecule has 29 heavy (non-hydrogen) atoms. The molecule has 0 saturated carbocycles. The van der Waals surface area contributed by atoms with Crippen molar-refractivity contribution in [2.75, 3.05) is 0 Å². The van der Waals surface area contributed by atoms with E-state index in [9.17, 15) is 0 Å². The van der Waals surface area contributed by atoms with E-state index in [-0.39, 0.29) is 5.41 Å². The van der Waals surface area contributed by atoms with E-state index in [4.69, 9.17) is 4.98 Å². The van der Waals surface area contributed by atoms with Gasteiger partial charge >= 0.3 is 0 Å². The number of fused-ring (bicyclic) bond motifs is 2. The van der Waals surface area contributed by atoms with Crippen LogP contribution in [0.3, 0.4) is 0 Å². The zero-order valence-electron chi connectivity index (χ0n) is 16.9. The van der Waals surface area contributed by atoms with Crippen LogP contribution < -0.4 is 0 Å². The average Bonchev–Trinajstić information content (AvgIpc) is 2.86. The number of benzene rings is 2. The van der Waals surface area contributed by atoms with Gasteiger partial charge in [-0.2, -0.15) is 0 Å². The number of hydrogen-bond donors (Lipinski definition) is 0. The Kier molecular flexibility index (Phi) is 3.88. The highest BCUT2D eigenvalue weighted by Crippen LogP contribution is 2.49. The molecule has 3 aromatic rings. The Hall–Kier alpha value is -3.33. The van der Waals surface area contributed by atoms with Gasteiger partial charge in [0, 0.05) is 11.0 Å². The van der Waals surface area contributed by atoms with Crippen LogP contribution >= 0.6 is 0 Å². The summed E-state index contributed by atoms with van der Waals surface area (Å²) in [6, 6.07) is 18.7. The van der Waals surface area contributed by atoms with E-state index < -0.39 is 5.41 Å². The van der Waals surface area contributed by atoms with Crippen molar-refractivity contribution >= 4 is 5.57 Å². The lowest BCUT2D eigenvalue weighted by molar-refractivity contribution is 0.647. The van der Waals surface area contributed by atoms with Gasteiger partial charge in [0.05, 0.1) is 5.41 Å². The second-order valence-corrected chi connectivity index (χ2v) is 8.45. The molecular formula is C26H23N3. The molecule has 1 atom stereocenters. The molecule has 2 aliphatic rings. The number of nitrogens with zero attached hydrogens (tertiary/aromatic N) is 3. The molecule has 3 nitrogen and oxygen atoms in total. The third kappa shape index (κ3) is 2.77. The van der Waals surface area contributed by atoms with Crippen molar-refractivity contribution in [1.29, 1.82) is 0 Å². The van der Waals surface area contributed by atoms with Gasteiger partial charge in [0.25, 0.3) is 0 Å². The van der Waals surface area contributed by atoms with Crippen LogP contribution in [0.4, 0.5) is 0 Å². The fourth-order valence-corrected chi connectivity index (χ4v) is 4.37. The number of rotatable bonds is 2. The Balaban J connectivity index is 1.58. The Bertz CT molecular complexity index is 1190. The molecule has 0 aliphatic heterocycles. The number of hydrogen-bond acceptors (Lipinski definition) is 3. The first kappa shape index (κ1) is 17.7. The molecule has 0 radical (unpaired) electrons. The predicted octanol–water partition coefficient (Wildman–Crippen LogP) is 5.67. The highest BCUT2D eigenvalue weighted by Gasteiger charge is 2.37. The van der Waals surface area contributed by atoms with E-state index in [2.05, 4.69) is 79.3 Å². The van der Waals surface area contributed by atoms with Crippen molar-refractivity contribution < 1.29 is 0 Å². The Morgan fingerprint density at radius 1 is 0.759 bits per heavy atom.